The number of aromatic nitrogens is 1. The van der Waals surface area contributed by atoms with Gasteiger partial charge in [0.25, 0.3) is 0 Å². The number of carbonyl (C=O) groups is 2. The number of imide groups is 1. The van der Waals surface area contributed by atoms with Gasteiger partial charge in [0.05, 0.1) is 15.2 Å². The summed E-state index contributed by atoms with van der Waals surface area (Å²) in [5.41, 5.74) is 1.10. The zero-order valence-electron chi connectivity index (χ0n) is 13.6. The molecule has 2 saturated heterocycles. The molecule has 0 unspecified atom stereocenters. The van der Waals surface area contributed by atoms with Crippen LogP contribution in [0.2, 0.25) is 0 Å². The molecule has 3 heterocycles. The quantitative estimate of drug-likeness (QED) is 0.801. The number of piperidine rings is 1. The van der Waals surface area contributed by atoms with Crippen molar-refractivity contribution in [1.82, 2.24) is 14.8 Å². The highest BCUT2D eigenvalue weighted by Crippen LogP contribution is 2.33. The fourth-order valence-corrected chi connectivity index (χ4v) is 4.72. The summed E-state index contributed by atoms with van der Waals surface area (Å²) in [5, 5.41) is 1.25. The van der Waals surface area contributed by atoms with Crippen LogP contribution in [0.4, 0.5) is 0 Å². The molecule has 0 bridgehead atoms. The van der Waals surface area contributed by atoms with E-state index in [0.717, 1.165) is 38.0 Å². The molecule has 2 fully saturated rings. The predicted molar refractivity (Wildman–Crippen MR) is 94.0 cm³/mol. The number of hydrogen-bond donors (Lipinski definition) is 0. The van der Waals surface area contributed by atoms with E-state index < -0.39 is 0 Å². The Hall–Kier alpha value is -1.79. The van der Waals surface area contributed by atoms with E-state index >= 15 is 0 Å². The van der Waals surface area contributed by atoms with Crippen LogP contribution in [-0.2, 0) is 9.59 Å². The van der Waals surface area contributed by atoms with Crippen molar-refractivity contribution in [1.29, 1.82) is 0 Å². The second-order valence-electron chi connectivity index (χ2n) is 6.57. The summed E-state index contributed by atoms with van der Waals surface area (Å²) in [5.74, 6) is 0.516. The first kappa shape index (κ1) is 15.7. The summed E-state index contributed by atoms with van der Waals surface area (Å²) in [4.78, 5) is 31.9. The molecular weight excluding hydrogens is 322 g/mol. The molecule has 24 heavy (non-hydrogen) atoms. The minimum absolute atomic E-state index is 0.00985. The van der Waals surface area contributed by atoms with Crippen molar-refractivity contribution in [2.24, 2.45) is 0 Å². The van der Waals surface area contributed by atoms with Crippen molar-refractivity contribution >= 4 is 33.4 Å². The number of likely N-dealkylation sites (tertiary alicyclic amines) is 2. The zero-order valence-corrected chi connectivity index (χ0v) is 14.4. The van der Waals surface area contributed by atoms with E-state index in [1.165, 1.54) is 14.6 Å². The smallest absolute Gasteiger partial charge is 0.229 e. The van der Waals surface area contributed by atoms with Gasteiger partial charge in [-0.05, 0) is 38.1 Å². The van der Waals surface area contributed by atoms with Crippen molar-refractivity contribution in [3.05, 3.63) is 29.3 Å². The maximum absolute atomic E-state index is 11.7. The van der Waals surface area contributed by atoms with Crippen LogP contribution in [-0.4, -0.2) is 52.8 Å². The van der Waals surface area contributed by atoms with Gasteiger partial charge in [-0.1, -0.05) is 12.1 Å². The standard InChI is InChI=1S/C18H21N3O2S/c22-16-5-6-17(23)21(16)12-11-20-9-7-13(8-10-20)18-19-14-3-1-2-4-15(14)24-18/h1-4,13H,5-12H2. The molecule has 0 aliphatic carbocycles. The molecule has 6 heteroatoms. The molecular formula is C18H21N3O2S. The molecule has 2 aromatic rings. The average molecular weight is 343 g/mol. The Morgan fingerprint density at radius 2 is 1.75 bits per heavy atom. The van der Waals surface area contributed by atoms with Gasteiger partial charge in [-0.3, -0.25) is 14.5 Å². The molecule has 5 nitrogen and oxygen atoms in total. The van der Waals surface area contributed by atoms with Gasteiger partial charge in [0.1, 0.15) is 0 Å². The number of hydrogen-bond acceptors (Lipinski definition) is 5. The van der Waals surface area contributed by atoms with Gasteiger partial charge in [0.2, 0.25) is 11.8 Å². The van der Waals surface area contributed by atoms with Crippen molar-refractivity contribution < 1.29 is 9.59 Å². The lowest BCUT2D eigenvalue weighted by molar-refractivity contribution is -0.138. The summed E-state index contributed by atoms with van der Waals surface area (Å²) in [6, 6.07) is 8.31. The summed E-state index contributed by atoms with van der Waals surface area (Å²) in [6.07, 6.45) is 2.97. The van der Waals surface area contributed by atoms with Gasteiger partial charge >= 0.3 is 0 Å². The van der Waals surface area contributed by atoms with Crippen LogP contribution in [0.25, 0.3) is 10.2 Å². The van der Waals surface area contributed by atoms with E-state index in [0.29, 0.717) is 25.3 Å². The highest BCUT2D eigenvalue weighted by atomic mass is 32.1. The first-order valence-corrected chi connectivity index (χ1v) is 9.43. The van der Waals surface area contributed by atoms with E-state index in [2.05, 4.69) is 23.1 Å². The van der Waals surface area contributed by atoms with Crippen LogP contribution in [0.5, 0.6) is 0 Å². The van der Waals surface area contributed by atoms with Crippen LogP contribution in [0.15, 0.2) is 24.3 Å². The lowest BCUT2D eigenvalue weighted by atomic mass is 9.97. The fraction of sp³-hybridized carbons (Fsp3) is 0.500. The maximum atomic E-state index is 11.7. The number of carbonyl (C=O) groups excluding carboxylic acids is 2. The van der Waals surface area contributed by atoms with Crippen molar-refractivity contribution in [2.75, 3.05) is 26.2 Å². The van der Waals surface area contributed by atoms with E-state index in [4.69, 9.17) is 4.98 Å². The molecule has 0 saturated carbocycles. The molecule has 2 aliphatic rings. The predicted octanol–water partition coefficient (Wildman–Crippen LogP) is 2.62. The Morgan fingerprint density at radius 1 is 1.04 bits per heavy atom. The number of para-hydroxylation sites is 1. The van der Waals surface area contributed by atoms with Gasteiger partial charge in [-0.15, -0.1) is 11.3 Å². The lowest BCUT2D eigenvalue weighted by Gasteiger charge is -2.31. The van der Waals surface area contributed by atoms with E-state index in [-0.39, 0.29) is 11.8 Å². The van der Waals surface area contributed by atoms with Gasteiger partial charge in [-0.2, -0.15) is 0 Å². The third-order valence-corrected chi connectivity index (χ3v) is 6.24. The Morgan fingerprint density at radius 3 is 2.46 bits per heavy atom. The maximum Gasteiger partial charge on any atom is 0.229 e. The zero-order chi connectivity index (χ0) is 16.5. The monoisotopic (exact) mass is 343 g/mol. The molecule has 2 amide bonds. The minimum atomic E-state index is -0.00985. The van der Waals surface area contributed by atoms with Gasteiger partial charge < -0.3 is 4.90 Å². The Bertz CT molecular complexity index is 715. The highest BCUT2D eigenvalue weighted by Gasteiger charge is 2.29. The molecule has 0 radical (unpaired) electrons. The first-order valence-electron chi connectivity index (χ1n) is 8.62. The first-order chi connectivity index (χ1) is 11.7. The van der Waals surface area contributed by atoms with Crippen LogP contribution in [0.1, 0.15) is 36.6 Å². The number of rotatable bonds is 4. The second kappa shape index (κ2) is 6.61. The average Bonchev–Trinajstić information content (AvgIpc) is 3.17. The van der Waals surface area contributed by atoms with Crippen LogP contribution in [0.3, 0.4) is 0 Å². The summed E-state index contributed by atoms with van der Waals surface area (Å²) in [7, 11) is 0. The summed E-state index contributed by atoms with van der Waals surface area (Å²) in [6.45, 7) is 3.36. The molecule has 0 N–H and O–H groups in total. The second-order valence-corrected chi connectivity index (χ2v) is 7.64. The highest BCUT2D eigenvalue weighted by molar-refractivity contribution is 7.18. The molecule has 1 aromatic heterocycles. The molecule has 0 spiro atoms. The number of fused-ring (bicyclic) bond motifs is 1. The Balaban J connectivity index is 1.31. The van der Waals surface area contributed by atoms with Gasteiger partial charge in [0, 0.05) is 31.8 Å². The fourth-order valence-electron chi connectivity index (χ4n) is 3.58. The van der Waals surface area contributed by atoms with E-state index in [9.17, 15) is 9.59 Å². The van der Waals surface area contributed by atoms with E-state index in [1.54, 1.807) is 0 Å². The lowest BCUT2D eigenvalue weighted by Crippen LogP contribution is -2.41. The topological polar surface area (TPSA) is 53.5 Å². The number of nitrogens with zero attached hydrogens (tertiary/aromatic N) is 3. The molecule has 126 valence electrons. The molecule has 4 rings (SSSR count). The minimum Gasteiger partial charge on any atom is -0.302 e. The third kappa shape index (κ3) is 3.08. The van der Waals surface area contributed by atoms with Gasteiger partial charge in [0.15, 0.2) is 0 Å². The van der Waals surface area contributed by atoms with Crippen LogP contribution >= 0.6 is 11.3 Å². The van der Waals surface area contributed by atoms with E-state index in [1.807, 2.05) is 17.4 Å². The largest absolute Gasteiger partial charge is 0.302 e. The number of benzene rings is 1. The number of thiazole rings is 1. The summed E-state index contributed by atoms with van der Waals surface area (Å²) < 4.78 is 1.26. The summed E-state index contributed by atoms with van der Waals surface area (Å²) >= 11 is 1.81. The molecule has 0 atom stereocenters. The molecule has 2 aliphatic heterocycles. The van der Waals surface area contributed by atoms with Crippen molar-refractivity contribution in [3.8, 4) is 0 Å². The van der Waals surface area contributed by atoms with Gasteiger partial charge in [-0.25, -0.2) is 4.98 Å². The van der Waals surface area contributed by atoms with Crippen LogP contribution < -0.4 is 0 Å². The third-order valence-electron chi connectivity index (χ3n) is 5.04. The normalized spacial score (nSPS) is 20.4. The number of amides is 2. The Kier molecular flexibility index (Phi) is 4.33. The Labute approximate surface area is 145 Å². The van der Waals surface area contributed by atoms with Crippen molar-refractivity contribution in [3.63, 3.8) is 0 Å². The van der Waals surface area contributed by atoms with Crippen molar-refractivity contribution in [2.45, 2.75) is 31.6 Å². The SMILES string of the molecule is O=C1CCC(=O)N1CCN1CCC(c2nc3ccccc3s2)CC1. The van der Waals surface area contributed by atoms with Crippen LogP contribution in [0, 0.1) is 0 Å². The molecule has 1 aromatic carbocycles.